The van der Waals surface area contributed by atoms with Gasteiger partial charge in [-0.15, -0.1) is 0 Å². The van der Waals surface area contributed by atoms with Crippen molar-refractivity contribution in [2.75, 3.05) is 10.6 Å². The number of anilines is 2. The summed E-state index contributed by atoms with van der Waals surface area (Å²) >= 11 is 0. The third kappa shape index (κ3) is 5.95. The van der Waals surface area contributed by atoms with E-state index in [1.807, 2.05) is 27.7 Å². The predicted octanol–water partition coefficient (Wildman–Crippen LogP) is 2.59. The fourth-order valence-electron chi connectivity index (χ4n) is 1.77. The van der Waals surface area contributed by atoms with Crippen LogP contribution in [0.4, 0.5) is 11.4 Å². The van der Waals surface area contributed by atoms with Gasteiger partial charge in [0.15, 0.2) is 0 Å². The van der Waals surface area contributed by atoms with Crippen molar-refractivity contribution in [2.45, 2.75) is 40.2 Å². The molecule has 0 radical (unpaired) electrons. The number of amides is 2. The summed E-state index contributed by atoms with van der Waals surface area (Å²) in [6.07, 6.45) is 0.647. The van der Waals surface area contributed by atoms with Crippen LogP contribution in [-0.4, -0.2) is 17.9 Å². The van der Waals surface area contributed by atoms with Crippen molar-refractivity contribution in [3.8, 4) is 0 Å². The highest BCUT2D eigenvalue weighted by Gasteiger charge is 2.15. The van der Waals surface area contributed by atoms with Crippen LogP contribution in [0.1, 0.15) is 34.1 Å². The van der Waals surface area contributed by atoms with Gasteiger partial charge in [-0.05, 0) is 36.6 Å². The second-order valence-electron chi connectivity index (χ2n) is 5.95. The number of nitrogens with one attached hydrogen (secondary N) is 2. The van der Waals surface area contributed by atoms with E-state index < -0.39 is 6.04 Å². The van der Waals surface area contributed by atoms with Gasteiger partial charge in [0.05, 0.1) is 6.04 Å². The van der Waals surface area contributed by atoms with Gasteiger partial charge in [0.1, 0.15) is 0 Å². The standard InChI is InChI=1S/C16H25N3O2/c1-10(2)9-14(17)16(21)19-13-7-5-12(6-8-13)18-15(20)11(3)4/h5-8,10-11,14H,9,17H2,1-4H3,(H,18,20)(H,19,21). The Morgan fingerprint density at radius 3 is 1.76 bits per heavy atom. The molecule has 0 bridgehead atoms. The Morgan fingerprint density at radius 2 is 1.38 bits per heavy atom. The molecule has 5 nitrogen and oxygen atoms in total. The number of hydrogen-bond donors (Lipinski definition) is 3. The summed E-state index contributed by atoms with van der Waals surface area (Å²) in [7, 11) is 0. The Labute approximate surface area is 126 Å². The molecule has 0 aliphatic rings. The highest BCUT2D eigenvalue weighted by molar-refractivity contribution is 5.95. The zero-order valence-corrected chi connectivity index (χ0v) is 13.1. The molecule has 0 saturated carbocycles. The van der Waals surface area contributed by atoms with Gasteiger partial charge >= 0.3 is 0 Å². The quantitative estimate of drug-likeness (QED) is 0.753. The summed E-state index contributed by atoms with van der Waals surface area (Å²) < 4.78 is 0. The molecule has 1 aromatic rings. The summed E-state index contributed by atoms with van der Waals surface area (Å²) in [6, 6.07) is 6.49. The molecule has 0 saturated heterocycles. The van der Waals surface area contributed by atoms with Gasteiger partial charge in [0.2, 0.25) is 11.8 Å². The normalized spacial score (nSPS) is 12.3. The van der Waals surface area contributed by atoms with Crippen LogP contribution in [0.25, 0.3) is 0 Å². The lowest BCUT2D eigenvalue weighted by molar-refractivity contribution is -0.119. The molecule has 5 heteroatoms. The maximum atomic E-state index is 11.9. The van der Waals surface area contributed by atoms with E-state index in [1.165, 1.54) is 0 Å². The lowest BCUT2D eigenvalue weighted by atomic mass is 10.0. The lowest BCUT2D eigenvalue weighted by Gasteiger charge is -2.14. The first-order valence-corrected chi connectivity index (χ1v) is 7.27. The molecule has 2 amide bonds. The van der Waals surface area contributed by atoms with Crippen LogP contribution >= 0.6 is 0 Å². The summed E-state index contributed by atoms with van der Waals surface area (Å²) in [4.78, 5) is 23.5. The molecule has 0 spiro atoms. The third-order valence-corrected chi connectivity index (χ3v) is 3.01. The lowest BCUT2D eigenvalue weighted by Crippen LogP contribution is -2.36. The Morgan fingerprint density at radius 1 is 0.952 bits per heavy atom. The number of nitrogens with two attached hydrogens (primary N) is 1. The Bertz CT molecular complexity index is 481. The average molecular weight is 291 g/mol. The monoisotopic (exact) mass is 291 g/mol. The van der Waals surface area contributed by atoms with E-state index in [4.69, 9.17) is 5.73 Å². The molecule has 0 heterocycles. The van der Waals surface area contributed by atoms with Crippen LogP contribution < -0.4 is 16.4 Å². The van der Waals surface area contributed by atoms with Crippen molar-refractivity contribution in [3.05, 3.63) is 24.3 Å². The molecule has 1 atom stereocenters. The summed E-state index contributed by atoms with van der Waals surface area (Å²) in [6.45, 7) is 7.72. The van der Waals surface area contributed by atoms with E-state index >= 15 is 0 Å². The van der Waals surface area contributed by atoms with E-state index in [0.29, 0.717) is 23.7 Å². The minimum absolute atomic E-state index is 0.0364. The van der Waals surface area contributed by atoms with Crippen LogP contribution in [0, 0.1) is 11.8 Å². The molecule has 0 aromatic heterocycles. The molecule has 116 valence electrons. The Hall–Kier alpha value is -1.88. The molecule has 0 fully saturated rings. The van der Waals surface area contributed by atoms with Crippen LogP contribution in [0.5, 0.6) is 0 Å². The minimum Gasteiger partial charge on any atom is -0.326 e. The molecular formula is C16H25N3O2. The molecule has 4 N–H and O–H groups in total. The largest absolute Gasteiger partial charge is 0.326 e. The maximum Gasteiger partial charge on any atom is 0.241 e. The summed E-state index contributed by atoms with van der Waals surface area (Å²) in [5.74, 6) is 0.0752. The minimum atomic E-state index is -0.509. The smallest absolute Gasteiger partial charge is 0.241 e. The first kappa shape index (κ1) is 17.2. The first-order chi connectivity index (χ1) is 9.79. The van der Waals surface area contributed by atoms with Gasteiger partial charge in [-0.2, -0.15) is 0 Å². The third-order valence-electron chi connectivity index (χ3n) is 3.01. The van der Waals surface area contributed by atoms with Crippen LogP contribution in [-0.2, 0) is 9.59 Å². The molecular weight excluding hydrogens is 266 g/mol. The van der Waals surface area contributed by atoms with Crippen molar-refractivity contribution in [1.29, 1.82) is 0 Å². The molecule has 1 unspecified atom stereocenters. The SMILES string of the molecule is CC(C)CC(N)C(=O)Nc1ccc(NC(=O)C(C)C)cc1. The molecule has 1 aromatic carbocycles. The number of carbonyl (C=O) groups is 2. The van der Waals surface area contributed by atoms with Crippen LogP contribution in [0.2, 0.25) is 0 Å². The molecule has 1 rings (SSSR count). The van der Waals surface area contributed by atoms with E-state index in [-0.39, 0.29) is 17.7 Å². The van der Waals surface area contributed by atoms with Crippen molar-refractivity contribution < 1.29 is 9.59 Å². The topological polar surface area (TPSA) is 84.2 Å². The zero-order chi connectivity index (χ0) is 16.0. The summed E-state index contributed by atoms with van der Waals surface area (Å²) in [5.41, 5.74) is 7.20. The number of rotatable bonds is 6. The van der Waals surface area contributed by atoms with Crippen molar-refractivity contribution in [1.82, 2.24) is 0 Å². The van der Waals surface area contributed by atoms with Gasteiger partial charge in [-0.25, -0.2) is 0 Å². The molecule has 0 aliphatic heterocycles. The number of benzene rings is 1. The average Bonchev–Trinajstić information content (AvgIpc) is 2.39. The highest BCUT2D eigenvalue weighted by Crippen LogP contribution is 2.15. The van der Waals surface area contributed by atoms with Gasteiger partial charge < -0.3 is 16.4 Å². The number of carbonyl (C=O) groups excluding carboxylic acids is 2. The van der Waals surface area contributed by atoms with E-state index in [0.717, 1.165) is 0 Å². The van der Waals surface area contributed by atoms with Crippen molar-refractivity contribution in [3.63, 3.8) is 0 Å². The van der Waals surface area contributed by atoms with Crippen LogP contribution in [0.3, 0.4) is 0 Å². The van der Waals surface area contributed by atoms with Crippen molar-refractivity contribution >= 4 is 23.2 Å². The van der Waals surface area contributed by atoms with Crippen molar-refractivity contribution in [2.24, 2.45) is 17.6 Å². The summed E-state index contributed by atoms with van der Waals surface area (Å²) in [5, 5.41) is 5.57. The van der Waals surface area contributed by atoms with Gasteiger partial charge in [-0.1, -0.05) is 27.7 Å². The van der Waals surface area contributed by atoms with E-state index in [2.05, 4.69) is 10.6 Å². The Balaban J connectivity index is 2.58. The fraction of sp³-hybridized carbons (Fsp3) is 0.500. The van der Waals surface area contributed by atoms with E-state index in [1.54, 1.807) is 24.3 Å². The van der Waals surface area contributed by atoms with Gasteiger partial charge in [0.25, 0.3) is 0 Å². The Kier molecular flexibility index (Phi) is 6.37. The number of hydrogen-bond acceptors (Lipinski definition) is 3. The fourth-order valence-corrected chi connectivity index (χ4v) is 1.77. The first-order valence-electron chi connectivity index (χ1n) is 7.27. The second kappa shape index (κ2) is 7.78. The van der Waals surface area contributed by atoms with Gasteiger partial charge in [-0.3, -0.25) is 9.59 Å². The van der Waals surface area contributed by atoms with Gasteiger partial charge in [0, 0.05) is 17.3 Å². The van der Waals surface area contributed by atoms with Crippen LogP contribution in [0.15, 0.2) is 24.3 Å². The molecule has 0 aliphatic carbocycles. The zero-order valence-electron chi connectivity index (χ0n) is 13.1. The predicted molar refractivity (Wildman–Crippen MR) is 86.0 cm³/mol. The highest BCUT2D eigenvalue weighted by atomic mass is 16.2. The maximum absolute atomic E-state index is 11.9. The molecule has 21 heavy (non-hydrogen) atoms. The second-order valence-corrected chi connectivity index (χ2v) is 5.95. The van der Waals surface area contributed by atoms with E-state index in [9.17, 15) is 9.59 Å².